The molecule has 0 aliphatic heterocycles. The summed E-state index contributed by atoms with van der Waals surface area (Å²) in [5.41, 5.74) is 4.20. The number of nitrogens with one attached hydrogen (secondary N) is 1. The smallest absolute Gasteiger partial charge is 0.195 e. The van der Waals surface area contributed by atoms with E-state index in [4.69, 9.17) is 11.6 Å². The monoisotopic (exact) mass is 283 g/mol. The molecule has 0 aliphatic carbocycles. The number of aryl methyl sites for hydroxylation is 2. The second-order valence-corrected chi connectivity index (χ2v) is 5.45. The minimum Gasteiger partial charge on any atom is -0.358 e. The van der Waals surface area contributed by atoms with E-state index in [0.29, 0.717) is 10.6 Å². The molecule has 0 radical (unpaired) electrons. The zero-order chi connectivity index (χ0) is 14.3. The van der Waals surface area contributed by atoms with E-state index in [1.165, 1.54) is 0 Å². The van der Waals surface area contributed by atoms with E-state index in [1.807, 2.05) is 50.2 Å². The number of rotatable bonds is 2. The number of aromatic nitrogens is 1. The Morgan fingerprint density at radius 2 is 1.85 bits per heavy atom. The maximum absolute atomic E-state index is 12.8. The number of hydrogen-bond donors (Lipinski definition) is 1. The van der Waals surface area contributed by atoms with Gasteiger partial charge in [-0.3, -0.25) is 4.79 Å². The third-order valence-electron chi connectivity index (χ3n) is 3.42. The van der Waals surface area contributed by atoms with E-state index in [9.17, 15) is 4.79 Å². The summed E-state index contributed by atoms with van der Waals surface area (Å²) in [6.07, 6.45) is 0. The average molecular weight is 284 g/mol. The molecule has 0 unspecified atom stereocenters. The maximum atomic E-state index is 12.8. The van der Waals surface area contributed by atoms with Crippen LogP contribution in [0.15, 0.2) is 42.5 Å². The molecule has 0 saturated heterocycles. The molecule has 0 saturated carbocycles. The van der Waals surface area contributed by atoms with Crippen LogP contribution in [0.1, 0.15) is 27.2 Å². The van der Waals surface area contributed by atoms with E-state index in [1.54, 1.807) is 6.07 Å². The van der Waals surface area contributed by atoms with Crippen molar-refractivity contribution >= 4 is 28.3 Å². The number of halogens is 1. The Balaban J connectivity index is 2.20. The molecule has 0 fully saturated rings. The number of ketones is 1. The van der Waals surface area contributed by atoms with E-state index in [2.05, 4.69) is 4.98 Å². The van der Waals surface area contributed by atoms with Crippen LogP contribution in [0, 0.1) is 13.8 Å². The van der Waals surface area contributed by atoms with E-state index < -0.39 is 0 Å². The molecule has 3 aromatic rings. The zero-order valence-corrected chi connectivity index (χ0v) is 12.1. The molecule has 3 rings (SSSR count). The van der Waals surface area contributed by atoms with Gasteiger partial charge >= 0.3 is 0 Å². The van der Waals surface area contributed by atoms with Crippen molar-refractivity contribution in [3.05, 3.63) is 69.9 Å². The van der Waals surface area contributed by atoms with E-state index >= 15 is 0 Å². The molecule has 2 nitrogen and oxygen atoms in total. The Kier molecular flexibility index (Phi) is 3.11. The summed E-state index contributed by atoms with van der Waals surface area (Å²) < 4.78 is 0. The fourth-order valence-electron chi connectivity index (χ4n) is 2.58. The van der Waals surface area contributed by atoms with Gasteiger partial charge < -0.3 is 4.98 Å². The lowest BCUT2D eigenvalue weighted by Crippen LogP contribution is -2.03. The van der Waals surface area contributed by atoms with Crippen molar-refractivity contribution in [2.75, 3.05) is 0 Å². The third kappa shape index (κ3) is 2.12. The fourth-order valence-corrected chi connectivity index (χ4v) is 2.87. The molecule has 20 heavy (non-hydrogen) atoms. The maximum Gasteiger partial charge on any atom is 0.195 e. The van der Waals surface area contributed by atoms with Gasteiger partial charge in [0.2, 0.25) is 0 Å². The van der Waals surface area contributed by atoms with Gasteiger partial charge in [0.25, 0.3) is 0 Å². The number of carbonyl (C=O) groups is 1. The Morgan fingerprint density at radius 3 is 2.60 bits per heavy atom. The Bertz CT molecular complexity index is 797. The minimum absolute atomic E-state index is 0.00514. The van der Waals surface area contributed by atoms with Crippen molar-refractivity contribution in [1.82, 2.24) is 4.98 Å². The summed E-state index contributed by atoms with van der Waals surface area (Å²) in [6.45, 7) is 3.86. The first-order valence-corrected chi connectivity index (χ1v) is 6.83. The number of carbonyl (C=O) groups excluding carboxylic acids is 1. The van der Waals surface area contributed by atoms with Crippen molar-refractivity contribution in [1.29, 1.82) is 0 Å². The third-order valence-corrected chi connectivity index (χ3v) is 3.64. The Labute approximate surface area is 122 Å². The van der Waals surface area contributed by atoms with Gasteiger partial charge in [0.15, 0.2) is 5.78 Å². The molecular formula is C17H14ClNO. The summed E-state index contributed by atoms with van der Waals surface area (Å²) in [5.74, 6) is 0.00514. The number of H-pyrrole nitrogens is 1. The van der Waals surface area contributed by atoms with Crippen LogP contribution >= 0.6 is 11.6 Å². The van der Waals surface area contributed by atoms with Gasteiger partial charge in [0.05, 0.1) is 5.56 Å². The molecule has 0 bridgehead atoms. The second kappa shape index (κ2) is 4.80. The summed E-state index contributed by atoms with van der Waals surface area (Å²) in [4.78, 5) is 16.0. The van der Waals surface area contributed by atoms with Crippen LogP contribution in [-0.2, 0) is 0 Å². The largest absolute Gasteiger partial charge is 0.358 e. The normalized spacial score (nSPS) is 10.9. The standard InChI is InChI=1S/C17H14ClNO/c1-10-7-12(9-13(18)8-10)17(20)16-11(2)19-15-6-4-3-5-14(15)16/h3-9,19H,1-2H3. The number of aromatic amines is 1. The molecule has 0 atom stereocenters. The fraction of sp³-hybridized carbons (Fsp3) is 0.118. The van der Waals surface area contributed by atoms with Crippen LogP contribution in [0.5, 0.6) is 0 Å². The molecule has 100 valence electrons. The van der Waals surface area contributed by atoms with Crippen LogP contribution in [0.3, 0.4) is 0 Å². The topological polar surface area (TPSA) is 32.9 Å². The predicted octanol–water partition coefficient (Wildman–Crippen LogP) is 4.67. The highest BCUT2D eigenvalue weighted by Crippen LogP contribution is 2.26. The van der Waals surface area contributed by atoms with Crippen LogP contribution in [0.2, 0.25) is 5.02 Å². The summed E-state index contributed by atoms with van der Waals surface area (Å²) in [7, 11) is 0. The van der Waals surface area contributed by atoms with Crippen LogP contribution < -0.4 is 0 Å². The lowest BCUT2D eigenvalue weighted by molar-refractivity contribution is 0.103. The molecule has 1 heterocycles. The SMILES string of the molecule is Cc1cc(Cl)cc(C(=O)c2c(C)[nH]c3ccccc23)c1. The first-order valence-electron chi connectivity index (χ1n) is 6.45. The van der Waals surface area contributed by atoms with Crippen molar-refractivity contribution < 1.29 is 4.79 Å². The van der Waals surface area contributed by atoms with Gasteiger partial charge in [-0.05, 0) is 43.7 Å². The number of hydrogen-bond acceptors (Lipinski definition) is 1. The first-order chi connectivity index (χ1) is 9.56. The van der Waals surface area contributed by atoms with Gasteiger partial charge in [-0.25, -0.2) is 0 Å². The number of para-hydroxylation sites is 1. The molecule has 1 aromatic heterocycles. The molecule has 2 aromatic carbocycles. The van der Waals surface area contributed by atoms with Crippen molar-refractivity contribution in [2.45, 2.75) is 13.8 Å². The summed E-state index contributed by atoms with van der Waals surface area (Å²) in [5, 5.41) is 1.54. The lowest BCUT2D eigenvalue weighted by atomic mass is 9.99. The average Bonchev–Trinajstić information content (AvgIpc) is 2.72. The van der Waals surface area contributed by atoms with Crippen molar-refractivity contribution in [2.24, 2.45) is 0 Å². The number of benzene rings is 2. The Hall–Kier alpha value is -2.06. The van der Waals surface area contributed by atoms with Crippen LogP contribution in [0.25, 0.3) is 10.9 Å². The van der Waals surface area contributed by atoms with E-state index in [-0.39, 0.29) is 5.78 Å². The zero-order valence-electron chi connectivity index (χ0n) is 11.3. The number of fused-ring (bicyclic) bond motifs is 1. The van der Waals surface area contributed by atoms with Crippen LogP contribution in [-0.4, -0.2) is 10.8 Å². The quantitative estimate of drug-likeness (QED) is 0.681. The molecule has 0 spiro atoms. The van der Waals surface area contributed by atoms with Crippen molar-refractivity contribution in [3.63, 3.8) is 0 Å². The second-order valence-electron chi connectivity index (χ2n) is 5.02. The van der Waals surface area contributed by atoms with Gasteiger partial charge in [0.1, 0.15) is 0 Å². The van der Waals surface area contributed by atoms with Gasteiger partial charge in [0, 0.05) is 27.2 Å². The molecular weight excluding hydrogens is 270 g/mol. The molecule has 0 amide bonds. The first kappa shape index (κ1) is 12.9. The van der Waals surface area contributed by atoms with E-state index in [0.717, 1.165) is 27.7 Å². The molecule has 0 aliphatic rings. The van der Waals surface area contributed by atoms with Gasteiger partial charge in [-0.1, -0.05) is 29.8 Å². The Morgan fingerprint density at radius 1 is 1.10 bits per heavy atom. The minimum atomic E-state index is 0.00514. The van der Waals surface area contributed by atoms with Crippen LogP contribution in [0.4, 0.5) is 0 Å². The van der Waals surface area contributed by atoms with Gasteiger partial charge in [-0.15, -0.1) is 0 Å². The predicted molar refractivity (Wildman–Crippen MR) is 82.7 cm³/mol. The summed E-state index contributed by atoms with van der Waals surface area (Å²) in [6, 6.07) is 13.3. The summed E-state index contributed by atoms with van der Waals surface area (Å²) >= 11 is 6.05. The highest BCUT2D eigenvalue weighted by molar-refractivity contribution is 6.31. The molecule has 3 heteroatoms. The highest BCUT2D eigenvalue weighted by atomic mass is 35.5. The van der Waals surface area contributed by atoms with Crippen molar-refractivity contribution in [3.8, 4) is 0 Å². The lowest BCUT2D eigenvalue weighted by Gasteiger charge is -2.04. The van der Waals surface area contributed by atoms with Gasteiger partial charge in [-0.2, -0.15) is 0 Å². The molecule has 1 N–H and O–H groups in total. The highest BCUT2D eigenvalue weighted by Gasteiger charge is 2.17.